The van der Waals surface area contributed by atoms with E-state index in [4.69, 9.17) is 4.74 Å². The van der Waals surface area contributed by atoms with Crippen molar-refractivity contribution >= 4 is 5.91 Å². The lowest BCUT2D eigenvalue weighted by molar-refractivity contribution is 0.0940. The summed E-state index contributed by atoms with van der Waals surface area (Å²) in [6, 6.07) is 4.93. The Labute approximate surface area is 119 Å². The Bertz CT molecular complexity index is 476. The monoisotopic (exact) mass is 278 g/mol. The Morgan fingerprint density at radius 3 is 3.05 bits per heavy atom. The number of aromatic hydroxyl groups is 1. The van der Waals surface area contributed by atoms with Crippen LogP contribution < -0.4 is 15.4 Å². The summed E-state index contributed by atoms with van der Waals surface area (Å²) in [6.07, 6.45) is 2.36. The molecule has 0 saturated carbocycles. The van der Waals surface area contributed by atoms with E-state index < -0.39 is 0 Å². The first-order valence-electron chi connectivity index (χ1n) is 7.00. The molecule has 1 fully saturated rings. The number of methoxy groups -OCH3 is 1. The minimum Gasteiger partial charge on any atom is -0.507 e. The van der Waals surface area contributed by atoms with E-state index in [-0.39, 0.29) is 17.2 Å². The number of carbonyl (C=O) groups is 1. The molecule has 110 valence electrons. The smallest absolute Gasteiger partial charge is 0.255 e. The van der Waals surface area contributed by atoms with Crippen LogP contribution in [0.5, 0.6) is 11.5 Å². The molecule has 1 saturated heterocycles. The van der Waals surface area contributed by atoms with Crippen molar-refractivity contribution in [2.24, 2.45) is 5.92 Å². The fourth-order valence-corrected chi connectivity index (χ4v) is 2.51. The average molecular weight is 278 g/mol. The topological polar surface area (TPSA) is 70.6 Å². The van der Waals surface area contributed by atoms with Gasteiger partial charge in [0.25, 0.3) is 5.91 Å². The van der Waals surface area contributed by atoms with Gasteiger partial charge in [-0.25, -0.2) is 0 Å². The number of hydrogen-bond donors (Lipinski definition) is 3. The fraction of sp³-hybridized carbons (Fsp3) is 0.533. The van der Waals surface area contributed by atoms with Crippen molar-refractivity contribution in [1.82, 2.24) is 10.6 Å². The summed E-state index contributed by atoms with van der Waals surface area (Å²) < 4.78 is 5.07. The van der Waals surface area contributed by atoms with Crippen LogP contribution in [0.25, 0.3) is 0 Å². The van der Waals surface area contributed by atoms with E-state index in [0.717, 1.165) is 6.54 Å². The van der Waals surface area contributed by atoms with Crippen LogP contribution in [0, 0.1) is 5.92 Å². The fourth-order valence-electron chi connectivity index (χ4n) is 2.51. The molecule has 0 aromatic heterocycles. The van der Waals surface area contributed by atoms with Gasteiger partial charge in [-0.1, -0.05) is 6.92 Å². The second kappa shape index (κ2) is 6.61. The van der Waals surface area contributed by atoms with Gasteiger partial charge in [-0.05, 0) is 43.5 Å². The highest BCUT2D eigenvalue weighted by atomic mass is 16.5. The van der Waals surface area contributed by atoms with E-state index >= 15 is 0 Å². The van der Waals surface area contributed by atoms with Gasteiger partial charge < -0.3 is 20.5 Å². The Morgan fingerprint density at radius 1 is 1.55 bits per heavy atom. The van der Waals surface area contributed by atoms with Crippen molar-refractivity contribution in [2.45, 2.75) is 25.8 Å². The van der Waals surface area contributed by atoms with Crippen molar-refractivity contribution in [1.29, 1.82) is 0 Å². The molecular weight excluding hydrogens is 256 g/mol. The van der Waals surface area contributed by atoms with Crippen molar-refractivity contribution in [2.75, 3.05) is 20.2 Å². The predicted octanol–water partition coefficient (Wildman–Crippen LogP) is 1.52. The van der Waals surface area contributed by atoms with E-state index in [1.807, 2.05) is 0 Å². The van der Waals surface area contributed by atoms with Gasteiger partial charge in [-0.2, -0.15) is 0 Å². The highest BCUT2D eigenvalue weighted by molar-refractivity contribution is 5.97. The molecular formula is C15H22N2O3. The lowest BCUT2D eigenvalue weighted by Gasteiger charge is -2.30. The van der Waals surface area contributed by atoms with Gasteiger partial charge in [0.05, 0.1) is 12.7 Å². The Hall–Kier alpha value is -1.75. The number of hydrogen-bond acceptors (Lipinski definition) is 4. The van der Waals surface area contributed by atoms with Crippen molar-refractivity contribution in [3.63, 3.8) is 0 Å². The zero-order chi connectivity index (χ0) is 14.5. The van der Waals surface area contributed by atoms with E-state index in [0.29, 0.717) is 24.3 Å². The van der Waals surface area contributed by atoms with Gasteiger partial charge in [-0.3, -0.25) is 4.79 Å². The summed E-state index contributed by atoms with van der Waals surface area (Å²) in [6.45, 7) is 3.75. The number of nitrogens with one attached hydrogen (secondary N) is 2. The van der Waals surface area contributed by atoms with Gasteiger partial charge in [0.15, 0.2) is 0 Å². The molecule has 20 heavy (non-hydrogen) atoms. The lowest BCUT2D eigenvalue weighted by atomic mass is 9.93. The van der Waals surface area contributed by atoms with Crippen molar-refractivity contribution < 1.29 is 14.6 Å². The molecule has 1 heterocycles. The first kappa shape index (κ1) is 14.7. The summed E-state index contributed by atoms with van der Waals surface area (Å²) in [5, 5.41) is 16.0. The molecule has 1 aromatic rings. The van der Waals surface area contributed by atoms with Crippen LogP contribution in [0.3, 0.4) is 0 Å². The number of piperidine rings is 1. The summed E-state index contributed by atoms with van der Waals surface area (Å²) in [5.74, 6) is 0.786. The van der Waals surface area contributed by atoms with Crippen LogP contribution in [0.2, 0.25) is 0 Å². The van der Waals surface area contributed by atoms with Crippen LogP contribution in [0.4, 0.5) is 0 Å². The van der Waals surface area contributed by atoms with E-state index in [1.54, 1.807) is 12.1 Å². The van der Waals surface area contributed by atoms with Crippen molar-refractivity contribution in [3.05, 3.63) is 23.8 Å². The predicted molar refractivity (Wildman–Crippen MR) is 77.2 cm³/mol. The third-order valence-corrected chi connectivity index (χ3v) is 3.86. The molecule has 1 aliphatic heterocycles. The summed E-state index contributed by atoms with van der Waals surface area (Å²) in [7, 11) is 1.53. The Balaban J connectivity index is 1.97. The number of benzene rings is 1. The molecule has 5 nitrogen and oxygen atoms in total. The number of rotatable bonds is 4. The molecule has 1 amide bonds. The van der Waals surface area contributed by atoms with Gasteiger partial charge in [0.1, 0.15) is 11.5 Å². The van der Waals surface area contributed by atoms with E-state index in [9.17, 15) is 9.90 Å². The molecule has 1 aliphatic rings. The standard InChI is InChI=1S/C15H22N2O3/c1-10-4-3-7-16-13(10)9-17-15(19)12-8-11(20-2)5-6-14(12)18/h5-6,8,10,13,16,18H,3-4,7,9H2,1-2H3,(H,17,19). The molecule has 0 spiro atoms. The lowest BCUT2D eigenvalue weighted by Crippen LogP contribution is -2.47. The number of ether oxygens (including phenoxy) is 1. The second-order valence-corrected chi connectivity index (χ2v) is 5.27. The van der Waals surface area contributed by atoms with Crippen LogP contribution in [-0.4, -0.2) is 37.3 Å². The average Bonchev–Trinajstić information content (AvgIpc) is 2.46. The number of amides is 1. The maximum Gasteiger partial charge on any atom is 0.255 e. The minimum atomic E-state index is -0.277. The van der Waals surface area contributed by atoms with E-state index in [1.165, 1.54) is 26.0 Å². The van der Waals surface area contributed by atoms with Crippen LogP contribution in [0.15, 0.2) is 18.2 Å². The molecule has 1 aromatic carbocycles. The van der Waals surface area contributed by atoms with Crippen molar-refractivity contribution in [3.8, 4) is 11.5 Å². The molecule has 2 atom stereocenters. The summed E-state index contributed by atoms with van der Waals surface area (Å²) >= 11 is 0. The Morgan fingerprint density at radius 2 is 2.35 bits per heavy atom. The molecule has 2 rings (SSSR count). The van der Waals surface area contributed by atoms with Gasteiger partial charge >= 0.3 is 0 Å². The van der Waals surface area contributed by atoms with Gasteiger partial charge in [0, 0.05) is 12.6 Å². The summed E-state index contributed by atoms with van der Waals surface area (Å²) in [5.41, 5.74) is 0.243. The third-order valence-electron chi connectivity index (χ3n) is 3.86. The number of phenols is 1. The SMILES string of the molecule is COc1ccc(O)c(C(=O)NCC2NCCCC2C)c1. The molecule has 5 heteroatoms. The summed E-state index contributed by atoms with van der Waals surface area (Å²) in [4.78, 5) is 12.1. The highest BCUT2D eigenvalue weighted by Gasteiger charge is 2.22. The quantitative estimate of drug-likeness (QED) is 0.781. The maximum atomic E-state index is 12.1. The second-order valence-electron chi connectivity index (χ2n) is 5.27. The number of carbonyl (C=O) groups excluding carboxylic acids is 1. The Kier molecular flexibility index (Phi) is 4.84. The normalized spacial score (nSPS) is 22.3. The largest absolute Gasteiger partial charge is 0.507 e. The van der Waals surface area contributed by atoms with E-state index in [2.05, 4.69) is 17.6 Å². The third kappa shape index (κ3) is 3.42. The highest BCUT2D eigenvalue weighted by Crippen LogP contribution is 2.22. The molecule has 0 bridgehead atoms. The molecule has 3 N–H and O–H groups in total. The van der Waals surface area contributed by atoms with Gasteiger partial charge in [-0.15, -0.1) is 0 Å². The minimum absolute atomic E-state index is 0.0343. The first-order chi connectivity index (χ1) is 9.61. The van der Waals surface area contributed by atoms with Crippen LogP contribution >= 0.6 is 0 Å². The van der Waals surface area contributed by atoms with Crippen LogP contribution in [-0.2, 0) is 0 Å². The first-order valence-corrected chi connectivity index (χ1v) is 7.00. The maximum absolute atomic E-state index is 12.1. The molecule has 0 radical (unpaired) electrons. The number of phenolic OH excluding ortho intramolecular Hbond substituents is 1. The zero-order valence-electron chi connectivity index (χ0n) is 12.0. The van der Waals surface area contributed by atoms with Crippen LogP contribution in [0.1, 0.15) is 30.1 Å². The molecule has 2 unspecified atom stereocenters. The molecule has 0 aliphatic carbocycles. The van der Waals surface area contributed by atoms with Gasteiger partial charge in [0.2, 0.25) is 0 Å². The zero-order valence-corrected chi connectivity index (χ0v) is 12.0.